The van der Waals surface area contributed by atoms with Gasteiger partial charge in [-0.3, -0.25) is 29.3 Å². The lowest BCUT2D eigenvalue weighted by molar-refractivity contribution is -0.137. The van der Waals surface area contributed by atoms with E-state index in [0.717, 1.165) is 127 Å². The molecule has 17 nitrogen and oxygen atoms in total. The summed E-state index contributed by atoms with van der Waals surface area (Å²) in [5.41, 5.74) is 4.12. The van der Waals surface area contributed by atoms with Crippen molar-refractivity contribution < 1.29 is 33.4 Å². The second kappa shape index (κ2) is 23.0. The van der Waals surface area contributed by atoms with Crippen molar-refractivity contribution in [2.75, 3.05) is 82.3 Å². The largest absolute Gasteiger partial charge is 0.495 e. The molecule has 0 bridgehead atoms. The van der Waals surface area contributed by atoms with Crippen LogP contribution in [0.2, 0.25) is 0 Å². The Morgan fingerprint density at radius 3 is 2.54 bits per heavy atom. The SMILES string of the molecule is CC[C@@H]1C(=O)N(C)c2cnc(Nc3ccc(C(=O)NC4CCN(CCCOCCCN(C)CCCC#Cc5cccc6c5CN(C5CCC(=O)NC5=O)C6=O)CC4)cc3OC)nc2N1C1CCCC1. The fraction of sp³-hybridized carbons (Fsp3) is 0.558. The zero-order valence-corrected chi connectivity index (χ0v) is 40.7. The predicted octanol–water partition coefficient (Wildman–Crippen LogP) is 5.25. The third-order valence-corrected chi connectivity index (χ3v) is 14.3. The molecule has 69 heavy (non-hydrogen) atoms. The average Bonchev–Trinajstić information content (AvgIpc) is 4.01. The number of hydrogen-bond acceptors (Lipinski definition) is 13. The topological polar surface area (TPSA) is 182 Å². The van der Waals surface area contributed by atoms with Gasteiger partial charge in [0.2, 0.25) is 23.7 Å². The number of anilines is 4. The van der Waals surface area contributed by atoms with Crippen molar-refractivity contribution in [2.24, 2.45) is 0 Å². The fourth-order valence-electron chi connectivity index (χ4n) is 10.4. The summed E-state index contributed by atoms with van der Waals surface area (Å²) in [4.78, 5) is 83.6. The highest BCUT2D eigenvalue weighted by Gasteiger charge is 2.42. The summed E-state index contributed by atoms with van der Waals surface area (Å²) in [6.45, 7) is 8.49. The normalized spacial score (nSPS) is 19.9. The lowest BCUT2D eigenvalue weighted by atomic mass is 10.0. The van der Waals surface area contributed by atoms with Crippen LogP contribution in [0.3, 0.4) is 0 Å². The van der Waals surface area contributed by atoms with E-state index < -0.39 is 11.9 Å². The Balaban J connectivity index is 0.694. The molecule has 5 heterocycles. The molecular weight excluding hydrogens is 877 g/mol. The summed E-state index contributed by atoms with van der Waals surface area (Å²) >= 11 is 0. The standard InChI is InChI=1S/C52H68N10O7/c1-5-42-51(67)59(3)44-33-53-52(57-47(44)62(42)38-16-8-9-17-38)55-41-20-19-36(32-45(41)68-4)48(64)54-37-23-28-60(29-24-37)27-13-31-69-30-12-26-58(2)25-10-6-7-14-35-15-11-18-39-40(35)34-61(50(39)66)43-21-22-46(63)56-49(43)65/h11,15,18-20,32-33,37-38,42-43H,5-6,8-10,12-13,16-17,21-31,34H2,1-4H3,(H,54,64)(H,53,55,57)(H,56,63,65)/t42-,43?/m1/s1. The van der Waals surface area contributed by atoms with E-state index in [2.05, 4.69) is 61.4 Å². The highest BCUT2D eigenvalue weighted by atomic mass is 16.5. The molecule has 368 valence electrons. The van der Waals surface area contributed by atoms with Gasteiger partial charge in [0, 0.05) is 94.6 Å². The predicted molar refractivity (Wildman–Crippen MR) is 264 cm³/mol. The number of nitrogens with one attached hydrogen (secondary N) is 3. The minimum atomic E-state index is -0.636. The molecule has 2 aromatic carbocycles. The van der Waals surface area contributed by atoms with Crippen molar-refractivity contribution in [3.8, 4) is 17.6 Å². The number of hydrogen-bond donors (Lipinski definition) is 3. The van der Waals surface area contributed by atoms with Gasteiger partial charge in [-0.2, -0.15) is 4.98 Å². The third-order valence-electron chi connectivity index (χ3n) is 14.3. The summed E-state index contributed by atoms with van der Waals surface area (Å²) in [5.74, 6) is 7.27. The molecule has 2 atom stereocenters. The average molecular weight is 945 g/mol. The Labute approximate surface area is 406 Å². The number of likely N-dealkylation sites (tertiary alicyclic amines) is 1. The molecule has 8 rings (SSSR count). The van der Waals surface area contributed by atoms with Crippen LogP contribution in [0.1, 0.15) is 122 Å². The van der Waals surface area contributed by atoms with E-state index in [9.17, 15) is 24.0 Å². The smallest absolute Gasteiger partial charge is 0.255 e. The van der Waals surface area contributed by atoms with Gasteiger partial charge in [-0.25, -0.2) is 4.98 Å². The van der Waals surface area contributed by atoms with Gasteiger partial charge < -0.3 is 44.6 Å². The Hall–Kier alpha value is -6.09. The lowest BCUT2D eigenvalue weighted by Gasteiger charge is -2.43. The first-order valence-corrected chi connectivity index (χ1v) is 25.0. The van der Waals surface area contributed by atoms with E-state index in [-0.39, 0.29) is 48.2 Å². The number of methoxy groups -OCH3 is 1. The number of ether oxygens (including phenoxy) is 2. The second-order valence-electron chi connectivity index (χ2n) is 19.0. The molecule has 17 heteroatoms. The number of amides is 5. The Morgan fingerprint density at radius 1 is 0.986 bits per heavy atom. The molecule has 0 spiro atoms. The maximum atomic E-state index is 13.4. The summed E-state index contributed by atoms with van der Waals surface area (Å²) in [7, 11) is 5.49. The number of nitrogens with zero attached hydrogens (tertiary/aromatic N) is 7. The Kier molecular flexibility index (Phi) is 16.5. The minimum Gasteiger partial charge on any atom is -0.495 e. The first kappa shape index (κ1) is 49.3. The van der Waals surface area contributed by atoms with Gasteiger partial charge in [0.05, 0.1) is 19.0 Å². The zero-order valence-electron chi connectivity index (χ0n) is 40.7. The number of carbonyl (C=O) groups is 5. The van der Waals surface area contributed by atoms with E-state index >= 15 is 0 Å². The molecule has 1 aliphatic carbocycles. The summed E-state index contributed by atoms with van der Waals surface area (Å²) in [5, 5.41) is 8.90. The number of fused-ring (bicyclic) bond motifs is 2. The maximum absolute atomic E-state index is 13.4. The number of carbonyl (C=O) groups excluding carboxylic acids is 5. The van der Waals surface area contributed by atoms with Crippen molar-refractivity contribution in [2.45, 2.75) is 121 Å². The molecule has 2 saturated heterocycles. The number of rotatable bonds is 19. The van der Waals surface area contributed by atoms with Crippen LogP contribution >= 0.6 is 0 Å². The number of unbranched alkanes of at least 4 members (excludes halogenated alkanes) is 1. The van der Waals surface area contributed by atoms with Crippen LogP contribution in [-0.2, 0) is 25.7 Å². The highest BCUT2D eigenvalue weighted by molar-refractivity contribution is 6.06. The Bertz CT molecular complexity index is 2420. The molecule has 3 fully saturated rings. The van der Waals surface area contributed by atoms with Gasteiger partial charge in [0.15, 0.2) is 5.82 Å². The molecule has 1 aromatic heterocycles. The summed E-state index contributed by atoms with van der Waals surface area (Å²) in [6, 6.07) is 10.4. The highest BCUT2D eigenvalue weighted by Crippen LogP contribution is 2.40. The van der Waals surface area contributed by atoms with Gasteiger partial charge >= 0.3 is 0 Å². The van der Waals surface area contributed by atoms with Gasteiger partial charge in [0.25, 0.3) is 11.8 Å². The fourth-order valence-corrected chi connectivity index (χ4v) is 10.4. The van der Waals surface area contributed by atoms with E-state index in [1.807, 2.05) is 18.2 Å². The number of benzene rings is 2. The summed E-state index contributed by atoms with van der Waals surface area (Å²) in [6.07, 6.45) is 12.7. The van der Waals surface area contributed by atoms with Crippen LogP contribution in [0.25, 0.3) is 0 Å². The molecule has 5 amide bonds. The van der Waals surface area contributed by atoms with Crippen LogP contribution in [-0.4, -0.2) is 146 Å². The first-order valence-electron chi connectivity index (χ1n) is 25.0. The third kappa shape index (κ3) is 11.7. The van der Waals surface area contributed by atoms with Crippen molar-refractivity contribution in [3.05, 3.63) is 64.8 Å². The molecule has 5 aliphatic rings. The summed E-state index contributed by atoms with van der Waals surface area (Å²) < 4.78 is 11.7. The quantitative estimate of drug-likeness (QED) is 0.0807. The minimum absolute atomic E-state index is 0.0739. The number of piperidine rings is 2. The lowest BCUT2D eigenvalue weighted by Crippen LogP contribution is -2.55. The van der Waals surface area contributed by atoms with Crippen LogP contribution in [0.4, 0.5) is 23.1 Å². The molecular formula is C52H68N10O7. The van der Waals surface area contributed by atoms with E-state index in [1.54, 1.807) is 48.4 Å². The van der Waals surface area contributed by atoms with E-state index in [4.69, 9.17) is 14.5 Å². The molecule has 0 radical (unpaired) electrons. The number of aromatic nitrogens is 2. The molecule has 4 aliphatic heterocycles. The molecule has 3 aromatic rings. The van der Waals surface area contributed by atoms with Gasteiger partial charge in [-0.05, 0) is 107 Å². The van der Waals surface area contributed by atoms with E-state index in [1.165, 1.54) is 0 Å². The van der Waals surface area contributed by atoms with Crippen LogP contribution in [0.15, 0.2) is 42.6 Å². The second-order valence-corrected chi connectivity index (χ2v) is 19.0. The van der Waals surface area contributed by atoms with E-state index in [0.29, 0.717) is 53.6 Å². The zero-order chi connectivity index (χ0) is 48.4. The molecule has 1 saturated carbocycles. The van der Waals surface area contributed by atoms with Crippen LogP contribution in [0, 0.1) is 11.8 Å². The van der Waals surface area contributed by atoms with Crippen molar-refractivity contribution in [1.29, 1.82) is 0 Å². The van der Waals surface area contributed by atoms with Gasteiger partial charge in [-0.1, -0.05) is 37.7 Å². The number of imide groups is 1. The maximum Gasteiger partial charge on any atom is 0.255 e. The van der Waals surface area contributed by atoms with Gasteiger partial charge in [-0.15, -0.1) is 0 Å². The van der Waals surface area contributed by atoms with Crippen molar-refractivity contribution >= 4 is 52.7 Å². The molecule has 1 unspecified atom stereocenters. The van der Waals surface area contributed by atoms with Crippen LogP contribution < -0.4 is 30.5 Å². The molecule has 3 N–H and O–H groups in total. The Morgan fingerprint density at radius 2 is 1.77 bits per heavy atom. The van der Waals surface area contributed by atoms with Crippen molar-refractivity contribution in [3.63, 3.8) is 0 Å². The number of likely N-dealkylation sites (N-methyl/N-ethyl adjacent to an activating group) is 1. The first-order chi connectivity index (χ1) is 33.5. The van der Waals surface area contributed by atoms with Crippen molar-refractivity contribution in [1.82, 2.24) is 35.3 Å². The van der Waals surface area contributed by atoms with Crippen LogP contribution in [0.5, 0.6) is 5.75 Å². The van der Waals surface area contributed by atoms with Gasteiger partial charge in [0.1, 0.15) is 23.5 Å². The monoisotopic (exact) mass is 945 g/mol.